The lowest BCUT2D eigenvalue weighted by atomic mass is 9.97. The Hall–Kier alpha value is -0.580. The second kappa shape index (κ2) is 4.12. The first-order valence-electron chi connectivity index (χ1n) is 4.99. The van der Waals surface area contributed by atoms with Crippen LogP contribution in [0.2, 0.25) is 0 Å². The minimum Gasteiger partial charge on any atom is -0.469 e. The van der Waals surface area contributed by atoms with Crippen LogP contribution in [0.15, 0.2) is 24.3 Å². The Labute approximate surface area is 103 Å². The van der Waals surface area contributed by atoms with Gasteiger partial charge in [-0.3, -0.25) is 4.79 Å². The maximum atomic E-state index is 11.5. The summed E-state index contributed by atoms with van der Waals surface area (Å²) in [6.07, 6.45) is 2.74. The molecule has 1 fully saturated rings. The van der Waals surface area contributed by atoms with Gasteiger partial charge < -0.3 is 4.74 Å². The number of carbonyl (C=O) groups is 1. The molecule has 1 aliphatic carbocycles. The van der Waals surface area contributed by atoms with Crippen LogP contribution in [0.1, 0.15) is 18.4 Å². The van der Waals surface area contributed by atoms with Crippen LogP contribution < -0.4 is 0 Å². The highest BCUT2D eigenvalue weighted by molar-refractivity contribution is 14.1. The molecule has 2 rings (SSSR count). The molecule has 0 amide bonds. The average Bonchev–Trinajstić information content (AvgIpc) is 3.01. The molecule has 1 aromatic carbocycles. The summed E-state index contributed by atoms with van der Waals surface area (Å²) in [7, 11) is 1.47. The maximum Gasteiger partial charge on any atom is 0.312 e. The van der Waals surface area contributed by atoms with Gasteiger partial charge in [0.05, 0.1) is 12.5 Å². The summed E-state index contributed by atoms with van der Waals surface area (Å²) >= 11 is 2.28. The third kappa shape index (κ3) is 2.33. The summed E-state index contributed by atoms with van der Waals surface area (Å²) in [5.74, 6) is -0.0546. The van der Waals surface area contributed by atoms with Gasteiger partial charge in [0.2, 0.25) is 0 Å². The molecule has 1 saturated carbocycles. The molecule has 0 N–H and O–H groups in total. The van der Waals surface area contributed by atoms with Crippen LogP contribution in [0.5, 0.6) is 0 Å². The normalized spacial score (nSPS) is 17.2. The molecular weight excluding hydrogens is 303 g/mol. The third-order valence-electron chi connectivity index (χ3n) is 2.93. The number of halogens is 1. The fourth-order valence-electron chi connectivity index (χ4n) is 1.81. The zero-order chi connectivity index (χ0) is 10.9. The molecule has 0 radical (unpaired) electrons. The molecular formula is C12H13IO2. The van der Waals surface area contributed by atoms with Crippen molar-refractivity contribution in [2.24, 2.45) is 5.41 Å². The average molecular weight is 316 g/mol. The Bertz CT molecular complexity index is 366. The topological polar surface area (TPSA) is 26.3 Å². The first kappa shape index (κ1) is 10.9. The molecule has 1 aliphatic rings. The van der Waals surface area contributed by atoms with Crippen LogP contribution in [-0.4, -0.2) is 13.1 Å². The number of ether oxygens (including phenoxy) is 1. The van der Waals surface area contributed by atoms with E-state index in [0.29, 0.717) is 0 Å². The highest BCUT2D eigenvalue weighted by Gasteiger charge is 2.50. The fourth-order valence-corrected chi connectivity index (χ4v) is 2.17. The van der Waals surface area contributed by atoms with Gasteiger partial charge >= 0.3 is 5.97 Å². The van der Waals surface area contributed by atoms with E-state index >= 15 is 0 Å². The second-order valence-electron chi connectivity index (χ2n) is 4.08. The Morgan fingerprint density at radius 3 is 2.47 bits per heavy atom. The molecule has 0 saturated heterocycles. The summed E-state index contributed by atoms with van der Waals surface area (Å²) < 4.78 is 6.05. The van der Waals surface area contributed by atoms with E-state index in [9.17, 15) is 4.79 Å². The summed E-state index contributed by atoms with van der Waals surface area (Å²) in [6, 6.07) is 8.32. The van der Waals surface area contributed by atoms with E-state index in [1.165, 1.54) is 16.2 Å². The quantitative estimate of drug-likeness (QED) is 0.633. The van der Waals surface area contributed by atoms with Gasteiger partial charge in [-0.05, 0) is 59.5 Å². The first-order chi connectivity index (χ1) is 7.16. The zero-order valence-electron chi connectivity index (χ0n) is 8.63. The van der Waals surface area contributed by atoms with Crippen molar-refractivity contribution < 1.29 is 9.53 Å². The number of esters is 1. The molecule has 80 valence electrons. The monoisotopic (exact) mass is 316 g/mol. The Kier molecular flexibility index (Phi) is 3.00. The smallest absolute Gasteiger partial charge is 0.312 e. The largest absolute Gasteiger partial charge is 0.469 e. The van der Waals surface area contributed by atoms with Crippen molar-refractivity contribution in [3.8, 4) is 0 Å². The molecule has 0 aliphatic heterocycles. The van der Waals surface area contributed by atoms with Crippen LogP contribution in [0.25, 0.3) is 0 Å². The lowest BCUT2D eigenvalue weighted by Crippen LogP contribution is -2.19. The minimum absolute atomic E-state index is 0.0546. The number of hydrogen-bond donors (Lipinski definition) is 0. The predicted octanol–water partition coefficient (Wildman–Crippen LogP) is 2.79. The molecule has 3 heteroatoms. The van der Waals surface area contributed by atoms with E-state index in [-0.39, 0.29) is 11.4 Å². The maximum absolute atomic E-state index is 11.5. The summed E-state index contributed by atoms with van der Waals surface area (Å²) in [6.45, 7) is 0. The Balaban J connectivity index is 2.09. The van der Waals surface area contributed by atoms with Crippen molar-refractivity contribution in [3.05, 3.63) is 33.4 Å². The van der Waals surface area contributed by atoms with E-state index < -0.39 is 0 Å². The summed E-state index contributed by atoms with van der Waals surface area (Å²) in [5, 5.41) is 0. The number of hydrogen-bond acceptors (Lipinski definition) is 2. The lowest BCUT2D eigenvalue weighted by Gasteiger charge is -2.12. The van der Waals surface area contributed by atoms with Crippen molar-refractivity contribution in [2.45, 2.75) is 19.3 Å². The number of rotatable bonds is 3. The van der Waals surface area contributed by atoms with E-state index in [1.54, 1.807) is 0 Å². The summed E-state index contributed by atoms with van der Waals surface area (Å²) in [5.41, 5.74) is 1.01. The SMILES string of the molecule is COC(=O)C1(Cc2ccc(I)cc2)CC1. The van der Waals surface area contributed by atoms with Crippen LogP contribution in [0.3, 0.4) is 0 Å². The summed E-state index contributed by atoms with van der Waals surface area (Å²) in [4.78, 5) is 11.5. The van der Waals surface area contributed by atoms with E-state index in [0.717, 1.165) is 19.3 Å². The molecule has 1 aromatic rings. The minimum atomic E-state index is -0.207. The molecule has 15 heavy (non-hydrogen) atoms. The van der Waals surface area contributed by atoms with Crippen molar-refractivity contribution in [1.29, 1.82) is 0 Å². The van der Waals surface area contributed by atoms with Gasteiger partial charge in [0, 0.05) is 3.57 Å². The van der Waals surface area contributed by atoms with Crippen molar-refractivity contribution in [1.82, 2.24) is 0 Å². The molecule has 0 heterocycles. The van der Waals surface area contributed by atoms with Gasteiger partial charge in [-0.1, -0.05) is 12.1 Å². The molecule has 0 unspecified atom stereocenters. The molecule has 0 spiro atoms. The Morgan fingerprint density at radius 1 is 1.40 bits per heavy atom. The first-order valence-corrected chi connectivity index (χ1v) is 6.07. The number of benzene rings is 1. The van der Waals surface area contributed by atoms with Gasteiger partial charge in [-0.15, -0.1) is 0 Å². The van der Waals surface area contributed by atoms with Crippen LogP contribution in [0.4, 0.5) is 0 Å². The molecule has 0 aromatic heterocycles. The van der Waals surface area contributed by atoms with E-state index in [2.05, 4.69) is 46.9 Å². The molecule has 0 atom stereocenters. The van der Waals surface area contributed by atoms with Gasteiger partial charge in [-0.2, -0.15) is 0 Å². The highest BCUT2D eigenvalue weighted by atomic mass is 127. The van der Waals surface area contributed by atoms with Crippen molar-refractivity contribution >= 4 is 28.6 Å². The van der Waals surface area contributed by atoms with Crippen LogP contribution >= 0.6 is 22.6 Å². The second-order valence-corrected chi connectivity index (χ2v) is 5.32. The van der Waals surface area contributed by atoms with Gasteiger partial charge in [0.25, 0.3) is 0 Å². The predicted molar refractivity (Wildman–Crippen MR) is 66.5 cm³/mol. The molecule has 0 bridgehead atoms. The molecule has 2 nitrogen and oxygen atoms in total. The number of methoxy groups -OCH3 is 1. The lowest BCUT2D eigenvalue weighted by molar-refractivity contribution is -0.147. The Morgan fingerprint density at radius 2 is 2.00 bits per heavy atom. The standard InChI is InChI=1S/C12H13IO2/c1-15-11(14)12(6-7-12)8-9-2-4-10(13)5-3-9/h2-5H,6-8H2,1H3. The van der Waals surface area contributed by atoms with Crippen molar-refractivity contribution in [3.63, 3.8) is 0 Å². The van der Waals surface area contributed by atoms with Gasteiger partial charge in [-0.25, -0.2) is 0 Å². The van der Waals surface area contributed by atoms with E-state index in [1.807, 2.05) is 0 Å². The van der Waals surface area contributed by atoms with Gasteiger partial charge in [0.1, 0.15) is 0 Å². The van der Waals surface area contributed by atoms with Crippen LogP contribution in [-0.2, 0) is 16.0 Å². The van der Waals surface area contributed by atoms with Gasteiger partial charge in [0.15, 0.2) is 0 Å². The number of carbonyl (C=O) groups excluding carboxylic acids is 1. The third-order valence-corrected chi connectivity index (χ3v) is 3.65. The fraction of sp³-hybridized carbons (Fsp3) is 0.417. The van der Waals surface area contributed by atoms with Crippen molar-refractivity contribution in [2.75, 3.05) is 7.11 Å². The van der Waals surface area contributed by atoms with Crippen LogP contribution in [0, 0.1) is 8.99 Å². The highest BCUT2D eigenvalue weighted by Crippen LogP contribution is 2.49. The van der Waals surface area contributed by atoms with E-state index in [4.69, 9.17) is 4.74 Å². The zero-order valence-corrected chi connectivity index (χ0v) is 10.8.